The van der Waals surface area contributed by atoms with Gasteiger partial charge < -0.3 is 9.84 Å². The molecule has 0 aliphatic heterocycles. The Bertz CT molecular complexity index is 460. The van der Waals surface area contributed by atoms with Gasteiger partial charge in [-0.3, -0.25) is 4.79 Å². The Balaban J connectivity index is 3.10. The number of benzene rings is 1. The van der Waals surface area contributed by atoms with Crippen LogP contribution in [0, 0.1) is 18.3 Å². The highest BCUT2D eigenvalue weighted by molar-refractivity contribution is 5.73. The summed E-state index contributed by atoms with van der Waals surface area (Å²) in [5.41, 5.74) is 2.46. The third-order valence-corrected chi connectivity index (χ3v) is 2.41. The summed E-state index contributed by atoms with van der Waals surface area (Å²) in [6, 6.07) is 5.51. The Hall–Kier alpha value is -1.86. The number of ether oxygens (including phenoxy) is 1. The lowest BCUT2D eigenvalue weighted by molar-refractivity contribution is -0.142. The Morgan fingerprint density at radius 3 is 2.76 bits per heavy atom. The van der Waals surface area contributed by atoms with E-state index < -0.39 is 0 Å². The number of nitriles is 1. The third-order valence-electron chi connectivity index (χ3n) is 2.41. The number of esters is 1. The van der Waals surface area contributed by atoms with Crippen molar-refractivity contribution in [2.45, 2.75) is 26.9 Å². The molecule has 4 heteroatoms. The summed E-state index contributed by atoms with van der Waals surface area (Å²) in [6.45, 7) is 3.65. The van der Waals surface area contributed by atoms with Crippen LogP contribution < -0.4 is 0 Å². The van der Waals surface area contributed by atoms with E-state index in [2.05, 4.69) is 0 Å². The predicted octanol–water partition coefficient (Wildman–Crippen LogP) is 1.46. The molecule has 1 rings (SSSR count). The van der Waals surface area contributed by atoms with Gasteiger partial charge in [0.05, 0.1) is 31.3 Å². The largest absolute Gasteiger partial charge is 0.466 e. The van der Waals surface area contributed by atoms with Gasteiger partial charge in [-0.25, -0.2) is 0 Å². The smallest absolute Gasteiger partial charge is 0.310 e. The summed E-state index contributed by atoms with van der Waals surface area (Å²) in [7, 11) is 0. The minimum atomic E-state index is -0.350. The number of carbonyl (C=O) groups excluding carboxylic acids is 1. The fourth-order valence-electron chi connectivity index (χ4n) is 1.70. The van der Waals surface area contributed by atoms with Crippen LogP contribution in [-0.4, -0.2) is 17.7 Å². The predicted molar refractivity (Wildman–Crippen MR) is 62.2 cm³/mol. The van der Waals surface area contributed by atoms with Crippen molar-refractivity contribution in [1.82, 2.24) is 0 Å². The van der Waals surface area contributed by atoms with E-state index in [-0.39, 0.29) is 19.0 Å². The third kappa shape index (κ3) is 3.30. The number of carbonyl (C=O) groups is 1. The molecule has 90 valence electrons. The fraction of sp³-hybridized carbons (Fsp3) is 0.385. The van der Waals surface area contributed by atoms with Crippen molar-refractivity contribution in [1.29, 1.82) is 5.26 Å². The maximum Gasteiger partial charge on any atom is 0.310 e. The molecule has 0 amide bonds. The van der Waals surface area contributed by atoms with Gasteiger partial charge in [-0.05, 0) is 36.6 Å². The van der Waals surface area contributed by atoms with E-state index in [1.807, 2.05) is 13.0 Å². The lowest BCUT2D eigenvalue weighted by Gasteiger charge is -2.10. The van der Waals surface area contributed by atoms with E-state index in [1.54, 1.807) is 19.1 Å². The molecule has 1 N–H and O–H groups in total. The Morgan fingerprint density at radius 1 is 1.53 bits per heavy atom. The zero-order valence-electron chi connectivity index (χ0n) is 9.99. The second-order valence-electron chi connectivity index (χ2n) is 3.70. The first kappa shape index (κ1) is 13.2. The van der Waals surface area contributed by atoms with Crippen LogP contribution in [0.3, 0.4) is 0 Å². The zero-order valence-corrected chi connectivity index (χ0v) is 9.99. The molecule has 0 fully saturated rings. The molecule has 0 spiro atoms. The summed E-state index contributed by atoms with van der Waals surface area (Å²) in [4.78, 5) is 11.4. The van der Waals surface area contributed by atoms with Crippen molar-refractivity contribution in [3.05, 3.63) is 34.4 Å². The van der Waals surface area contributed by atoms with Gasteiger partial charge in [0.1, 0.15) is 0 Å². The average Bonchev–Trinajstić information content (AvgIpc) is 2.28. The van der Waals surface area contributed by atoms with Crippen molar-refractivity contribution in [2.24, 2.45) is 0 Å². The van der Waals surface area contributed by atoms with E-state index >= 15 is 0 Å². The minimum Gasteiger partial charge on any atom is -0.466 e. The van der Waals surface area contributed by atoms with Gasteiger partial charge in [-0.1, -0.05) is 6.07 Å². The lowest BCUT2D eigenvalue weighted by Crippen LogP contribution is -2.10. The van der Waals surface area contributed by atoms with E-state index in [0.29, 0.717) is 23.3 Å². The first-order valence-corrected chi connectivity index (χ1v) is 5.41. The van der Waals surface area contributed by atoms with Gasteiger partial charge in [0.25, 0.3) is 0 Å². The van der Waals surface area contributed by atoms with Crippen LogP contribution in [0.5, 0.6) is 0 Å². The van der Waals surface area contributed by atoms with Crippen molar-refractivity contribution >= 4 is 5.97 Å². The van der Waals surface area contributed by atoms with E-state index in [4.69, 9.17) is 10.00 Å². The summed E-state index contributed by atoms with van der Waals surface area (Å²) >= 11 is 0. The Kier molecular flexibility index (Phi) is 4.68. The molecule has 1 aromatic carbocycles. The highest BCUT2D eigenvalue weighted by atomic mass is 16.5. The van der Waals surface area contributed by atoms with E-state index in [1.165, 1.54) is 0 Å². The van der Waals surface area contributed by atoms with Crippen molar-refractivity contribution in [2.75, 3.05) is 6.61 Å². The standard InChI is InChI=1S/C13H15NO3/c1-3-17-13(16)6-10-4-9(2)5-11(7-14)12(10)8-15/h4-5,15H,3,6,8H2,1-2H3. The quantitative estimate of drug-likeness (QED) is 0.799. The van der Waals surface area contributed by atoms with Crippen molar-refractivity contribution in [3.8, 4) is 6.07 Å². The SMILES string of the molecule is CCOC(=O)Cc1cc(C)cc(C#N)c1CO. The molecule has 0 aliphatic rings. The van der Waals surface area contributed by atoms with Crippen molar-refractivity contribution in [3.63, 3.8) is 0 Å². The number of aryl methyl sites for hydroxylation is 1. The summed E-state index contributed by atoms with van der Waals surface area (Å²) < 4.78 is 4.86. The van der Waals surface area contributed by atoms with Gasteiger partial charge >= 0.3 is 5.97 Å². The van der Waals surface area contributed by atoms with Crippen LogP contribution in [0.25, 0.3) is 0 Å². The molecule has 0 radical (unpaired) electrons. The molecule has 0 aliphatic carbocycles. The lowest BCUT2D eigenvalue weighted by atomic mass is 9.97. The molecule has 0 atom stereocenters. The highest BCUT2D eigenvalue weighted by Gasteiger charge is 2.12. The molecular weight excluding hydrogens is 218 g/mol. The minimum absolute atomic E-state index is 0.0834. The van der Waals surface area contributed by atoms with Crippen molar-refractivity contribution < 1.29 is 14.6 Å². The molecule has 0 unspecified atom stereocenters. The van der Waals surface area contributed by atoms with Gasteiger partial charge in [0, 0.05) is 0 Å². The van der Waals surface area contributed by atoms with Gasteiger partial charge in [0.15, 0.2) is 0 Å². The summed E-state index contributed by atoms with van der Waals surface area (Å²) in [6.07, 6.45) is 0.0834. The number of aliphatic hydroxyl groups excluding tert-OH is 1. The molecule has 0 heterocycles. The van der Waals surface area contributed by atoms with Crippen LogP contribution in [-0.2, 0) is 22.6 Å². The average molecular weight is 233 g/mol. The molecule has 0 saturated heterocycles. The molecule has 0 saturated carbocycles. The van der Waals surface area contributed by atoms with Crippen LogP contribution in [0.15, 0.2) is 12.1 Å². The molecule has 0 bridgehead atoms. The fourth-order valence-corrected chi connectivity index (χ4v) is 1.70. The van der Waals surface area contributed by atoms with E-state index in [9.17, 15) is 9.90 Å². The molecule has 1 aromatic rings. The van der Waals surface area contributed by atoms with Gasteiger partial charge in [-0.2, -0.15) is 5.26 Å². The molecule has 0 aromatic heterocycles. The molecular formula is C13H15NO3. The Labute approximate surface area is 100 Å². The topological polar surface area (TPSA) is 70.3 Å². The van der Waals surface area contributed by atoms with Crippen LogP contribution >= 0.6 is 0 Å². The maximum atomic E-state index is 11.4. The van der Waals surface area contributed by atoms with Gasteiger partial charge in [0.2, 0.25) is 0 Å². The second kappa shape index (κ2) is 6.02. The van der Waals surface area contributed by atoms with Crippen LogP contribution in [0.4, 0.5) is 0 Å². The maximum absolute atomic E-state index is 11.4. The normalized spacial score (nSPS) is 9.76. The van der Waals surface area contributed by atoms with Crippen LogP contribution in [0.2, 0.25) is 0 Å². The van der Waals surface area contributed by atoms with Crippen LogP contribution in [0.1, 0.15) is 29.2 Å². The van der Waals surface area contributed by atoms with Gasteiger partial charge in [-0.15, -0.1) is 0 Å². The highest BCUT2D eigenvalue weighted by Crippen LogP contribution is 2.18. The number of hydrogen-bond donors (Lipinski definition) is 1. The summed E-state index contributed by atoms with van der Waals surface area (Å²) in [5.74, 6) is -0.350. The number of rotatable bonds is 4. The first-order chi connectivity index (χ1) is 8.12. The number of hydrogen-bond acceptors (Lipinski definition) is 4. The summed E-state index contributed by atoms with van der Waals surface area (Å²) in [5, 5.41) is 18.2. The molecule has 17 heavy (non-hydrogen) atoms. The first-order valence-electron chi connectivity index (χ1n) is 5.41. The Morgan fingerprint density at radius 2 is 2.24 bits per heavy atom. The van der Waals surface area contributed by atoms with E-state index in [0.717, 1.165) is 5.56 Å². The monoisotopic (exact) mass is 233 g/mol. The number of nitrogens with zero attached hydrogens (tertiary/aromatic N) is 1. The zero-order chi connectivity index (χ0) is 12.8. The second-order valence-corrected chi connectivity index (χ2v) is 3.70. The number of aliphatic hydroxyl groups is 1. The molecule has 4 nitrogen and oxygen atoms in total.